The summed E-state index contributed by atoms with van der Waals surface area (Å²) in [6.45, 7) is 3.34. The van der Waals surface area contributed by atoms with Crippen molar-refractivity contribution in [2.75, 3.05) is 0 Å². The minimum atomic E-state index is -0.833. The van der Waals surface area contributed by atoms with Crippen LogP contribution in [-0.2, 0) is 9.59 Å². The molecule has 0 spiro atoms. The molecular formula is C20H42Mg2O4. The minimum absolute atomic E-state index is 0. The van der Waals surface area contributed by atoms with Crippen molar-refractivity contribution >= 4 is 58.0 Å². The molecule has 0 unspecified atom stereocenters. The number of allylic oxidation sites excluding steroid dienone is 2. The summed E-state index contributed by atoms with van der Waals surface area (Å²) in [6, 6.07) is 0. The van der Waals surface area contributed by atoms with Gasteiger partial charge in [-0.2, -0.15) is 0 Å². The molecule has 0 bridgehead atoms. The van der Waals surface area contributed by atoms with Gasteiger partial charge in [0.1, 0.15) is 0 Å². The molecule has 4 nitrogen and oxygen atoms in total. The predicted molar refractivity (Wildman–Crippen MR) is 116 cm³/mol. The Morgan fingerprint density at radius 3 is 1.46 bits per heavy atom. The van der Waals surface area contributed by atoms with Crippen molar-refractivity contribution in [3.8, 4) is 0 Å². The summed E-state index contributed by atoms with van der Waals surface area (Å²) in [5, 5.41) is 15.9. The molecule has 0 aromatic heterocycles. The van der Waals surface area contributed by atoms with E-state index in [1.807, 2.05) is 0 Å². The van der Waals surface area contributed by atoms with E-state index in [1.165, 1.54) is 70.6 Å². The van der Waals surface area contributed by atoms with Crippen LogP contribution in [-0.4, -0.2) is 68.3 Å². The molecule has 2 N–H and O–H groups in total. The van der Waals surface area contributed by atoms with Gasteiger partial charge in [0.15, 0.2) is 0 Å². The zero-order chi connectivity index (χ0) is 18.5. The average Bonchev–Trinajstić information content (AvgIpc) is 2.50. The zero-order valence-electron chi connectivity index (χ0n) is 21.2. The van der Waals surface area contributed by atoms with Crippen molar-refractivity contribution in [2.24, 2.45) is 0 Å². The number of aliphatic carboxylic acids is 2. The Bertz CT molecular complexity index is 334. The summed E-state index contributed by atoms with van der Waals surface area (Å²) in [5.74, 6) is -1.50. The summed E-state index contributed by atoms with van der Waals surface area (Å²) in [5.41, 5.74) is 0. The Hall–Kier alpha value is 0.212. The second-order valence-corrected chi connectivity index (χ2v) is 6.25. The van der Waals surface area contributed by atoms with Crippen LogP contribution in [0.15, 0.2) is 12.2 Å². The number of hydrogen-bond acceptors (Lipinski definition) is 2. The van der Waals surface area contributed by atoms with Gasteiger partial charge in [0.25, 0.3) is 5.97 Å². The minimum Gasteiger partial charge on any atom is -1.00 e. The van der Waals surface area contributed by atoms with Gasteiger partial charge in [-0.25, -0.2) is 0 Å². The molecular weight excluding hydrogens is 353 g/mol. The van der Waals surface area contributed by atoms with E-state index in [2.05, 4.69) is 19.1 Å². The molecule has 0 aliphatic carbocycles. The number of carbonyl (C=O) groups is 2. The van der Waals surface area contributed by atoms with Crippen LogP contribution in [0.4, 0.5) is 0 Å². The van der Waals surface area contributed by atoms with E-state index in [4.69, 9.17) is 15.0 Å². The van der Waals surface area contributed by atoms with Crippen LogP contribution in [0.1, 0.15) is 109 Å². The molecule has 0 aliphatic rings. The molecule has 6 heteroatoms. The molecule has 0 aromatic carbocycles. The Balaban J connectivity index is -0.0000000739. The van der Waals surface area contributed by atoms with Crippen molar-refractivity contribution in [1.29, 1.82) is 0 Å². The van der Waals surface area contributed by atoms with Gasteiger partial charge in [0, 0.05) is 13.3 Å². The summed E-state index contributed by atoms with van der Waals surface area (Å²) < 4.78 is 0. The second kappa shape index (κ2) is 30.0. The molecule has 0 saturated carbocycles. The van der Waals surface area contributed by atoms with Crippen LogP contribution in [0.25, 0.3) is 0 Å². The Kier molecular flexibility index (Phi) is 38.9. The average molecular weight is 395 g/mol. The van der Waals surface area contributed by atoms with Gasteiger partial charge in [-0.3, -0.25) is 9.59 Å². The fourth-order valence-electron chi connectivity index (χ4n) is 2.35. The SMILES string of the molecule is CC(=O)O.CCCCCCCC/C=C\CCCCCCCC(=O)O.[H-].[H-].[H-].[H-].[Mg+2].[Mg+2]. The van der Waals surface area contributed by atoms with Crippen molar-refractivity contribution in [3.63, 3.8) is 0 Å². The summed E-state index contributed by atoms with van der Waals surface area (Å²) in [6.07, 6.45) is 21.2. The molecule has 0 atom stereocenters. The normalized spacial score (nSPS) is 9.62. The van der Waals surface area contributed by atoms with E-state index >= 15 is 0 Å². The first-order chi connectivity index (χ1) is 11.5. The van der Waals surface area contributed by atoms with Gasteiger partial charge in [-0.15, -0.1) is 0 Å². The number of rotatable bonds is 15. The topological polar surface area (TPSA) is 74.6 Å². The molecule has 0 aliphatic heterocycles. The first-order valence-corrected chi connectivity index (χ1v) is 9.57. The van der Waals surface area contributed by atoms with E-state index in [0.717, 1.165) is 19.8 Å². The van der Waals surface area contributed by atoms with Gasteiger partial charge in [-0.1, -0.05) is 70.4 Å². The van der Waals surface area contributed by atoms with Gasteiger partial charge in [0.2, 0.25) is 0 Å². The first-order valence-electron chi connectivity index (χ1n) is 9.57. The number of unbranched alkanes of at least 4 members (excludes halogenated alkanes) is 11. The maximum absolute atomic E-state index is 10.3. The van der Waals surface area contributed by atoms with E-state index in [-0.39, 0.29) is 51.8 Å². The Morgan fingerprint density at radius 2 is 1.08 bits per heavy atom. The van der Waals surface area contributed by atoms with E-state index in [0.29, 0.717) is 6.42 Å². The number of carboxylic acid groups (broad SMARTS) is 2. The van der Waals surface area contributed by atoms with Crippen molar-refractivity contribution in [2.45, 2.75) is 104 Å². The van der Waals surface area contributed by atoms with Crippen molar-refractivity contribution in [3.05, 3.63) is 12.2 Å². The third kappa shape index (κ3) is 44.0. The molecule has 0 amide bonds. The number of carboxylic acids is 2. The van der Waals surface area contributed by atoms with Gasteiger partial charge >= 0.3 is 52.1 Å². The fraction of sp³-hybridized carbons (Fsp3) is 0.800. The largest absolute Gasteiger partial charge is 2.00 e. The first kappa shape index (κ1) is 33.8. The maximum Gasteiger partial charge on any atom is 2.00 e. The monoisotopic (exact) mass is 394 g/mol. The third-order valence-corrected chi connectivity index (χ3v) is 3.65. The molecule has 0 rings (SSSR count). The van der Waals surface area contributed by atoms with Crippen LogP contribution < -0.4 is 0 Å². The van der Waals surface area contributed by atoms with Gasteiger partial charge in [0.05, 0.1) is 0 Å². The van der Waals surface area contributed by atoms with Gasteiger partial charge < -0.3 is 15.9 Å². The summed E-state index contributed by atoms with van der Waals surface area (Å²) in [4.78, 5) is 19.3. The van der Waals surface area contributed by atoms with Crippen LogP contribution in [0.2, 0.25) is 0 Å². The Morgan fingerprint density at radius 1 is 0.731 bits per heavy atom. The quantitative estimate of drug-likeness (QED) is 0.206. The Labute approximate surface area is 198 Å². The van der Waals surface area contributed by atoms with Crippen LogP contribution in [0.5, 0.6) is 0 Å². The van der Waals surface area contributed by atoms with E-state index in [1.54, 1.807) is 0 Å². The molecule has 0 fully saturated rings. The van der Waals surface area contributed by atoms with Crippen molar-refractivity contribution in [1.82, 2.24) is 0 Å². The summed E-state index contributed by atoms with van der Waals surface area (Å²) >= 11 is 0. The molecule has 0 radical (unpaired) electrons. The van der Waals surface area contributed by atoms with E-state index < -0.39 is 11.9 Å². The van der Waals surface area contributed by atoms with E-state index in [9.17, 15) is 4.79 Å². The smallest absolute Gasteiger partial charge is 1.00 e. The summed E-state index contributed by atoms with van der Waals surface area (Å²) in [7, 11) is 0. The predicted octanol–water partition coefficient (Wildman–Crippen LogP) is 5.89. The molecule has 0 saturated heterocycles. The van der Waals surface area contributed by atoms with Crippen molar-refractivity contribution < 1.29 is 25.5 Å². The molecule has 0 heterocycles. The maximum atomic E-state index is 10.3. The van der Waals surface area contributed by atoms with Crippen LogP contribution in [0, 0.1) is 0 Å². The number of hydrogen-bond donors (Lipinski definition) is 2. The second-order valence-electron chi connectivity index (χ2n) is 6.25. The molecule has 0 aromatic rings. The zero-order valence-corrected chi connectivity index (χ0v) is 20.0. The van der Waals surface area contributed by atoms with Crippen LogP contribution in [0.3, 0.4) is 0 Å². The standard InChI is InChI=1S/C18H34O2.C2H4O2.2Mg.4H/c1-2-3-4-5-6-7-8-9-10-11-12-13-14-15-16-17-18(19)20;1-2(3)4;;;;;;/h9-10H,2-8,11-17H2,1H3,(H,19,20);1H3,(H,3,4);;;;;;/q;;2*+2;4*-1/b10-9-;;;;;;;. The fourth-order valence-corrected chi connectivity index (χ4v) is 2.35. The molecule has 26 heavy (non-hydrogen) atoms. The third-order valence-electron chi connectivity index (χ3n) is 3.65. The van der Waals surface area contributed by atoms with Gasteiger partial charge in [-0.05, 0) is 32.1 Å². The van der Waals surface area contributed by atoms with Crippen LogP contribution >= 0.6 is 0 Å². The molecule has 150 valence electrons.